The Kier molecular flexibility index (Phi) is 4.96. The van der Waals surface area contributed by atoms with Crippen molar-refractivity contribution in [3.63, 3.8) is 0 Å². The normalized spacial score (nSPS) is 32.5. The molecular formula is C22H28N2O3. The van der Waals surface area contributed by atoms with E-state index in [-0.39, 0.29) is 17.8 Å². The average Bonchev–Trinajstić information content (AvgIpc) is 3.09. The summed E-state index contributed by atoms with van der Waals surface area (Å²) < 4.78 is 10.3. The van der Waals surface area contributed by atoms with Crippen LogP contribution >= 0.6 is 0 Å². The fourth-order valence-corrected chi connectivity index (χ4v) is 5.31. The number of hydrogen-bond donors (Lipinski definition) is 1. The number of benzene rings is 1. The van der Waals surface area contributed by atoms with Crippen LogP contribution in [0, 0.1) is 11.8 Å². The van der Waals surface area contributed by atoms with Crippen molar-refractivity contribution >= 4 is 11.7 Å². The van der Waals surface area contributed by atoms with Gasteiger partial charge in [0, 0.05) is 36.2 Å². The average molecular weight is 368 g/mol. The largest absolute Gasteiger partial charge is 0.504 e. The highest BCUT2D eigenvalue weighted by Gasteiger charge is 2.48. The number of nitrogens with zero attached hydrogens (tertiary/aromatic N) is 1. The van der Waals surface area contributed by atoms with E-state index in [0.717, 1.165) is 25.9 Å². The molecule has 0 radical (unpaired) electrons. The highest BCUT2D eigenvalue weighted by atomic mass is 16.5. The van der Waals surface area contributed by atoms with Gasteiger partial charge in [-0.3, -0.25) is 4.90 Å². The van der Waals surface area contributed by atoms with Gasteiger partial charge < -0.3 is 14.8 Å². The molecule has 0 spiro atoms. The molecule has 5 nitrogen and oxygen atoms in total. The van der Waals surface area contributed by atoms with Crippen LogP contribution in [0.5, 0.6) is 0 Å². The van der Waals surface area contributed by atoms with Crippen LogP contribution in [-0.2, 0) is 14.3 Å². The van der Waals surface area contributed by atoms with Gasteiger partial charge in [-0.15, -0.1) is 6.58 Å². The number of hydrogen-bond acceptors (Lipinski definition) is 5. The molecule has 3 heterocycles. The Bertz CT molecular complexity index is 760. The van der Waals surface area contributed by atoms with Crippen molar-refractivity contribution in [3.05, 3.63) is 54.3 Å². The van der Waals surface area contributed by atoms with Crippen LogP contribution in [-0.4, -0.2) is 50.3 Å². The van der Waals surface area contributed by atoms with Crippen LogP contribution in [0.3, 0.4) is 0 Å². The summed E-state index contributed by atoms with van der Waals surface area (Å²) in [5.41, 5.74) is 3.31. The first-order valence-electron chi connectivity index (χ1n) is 9.71. The first-order chi connectivity index (χ1) is 13.2. The van der Waals surface area contributed by atoms with Gasteiger partial charge in [0.05, 0.1) is 26.1 Å². The van der Waals surface area contributed by atoms with Crippen molar-refractivity contribution in [2.75, 3.05) is 32.6 Å². The van der Waals surface area contributed by atoms with Crippen molar-refractivity contribution in [3.8, 4) is 0 Å². The Balaban J connectivity index is 1.63. The molecule has 1 aromatic rings. The molecule has 2 fully saturated rings. The molecule has 0 aliphatic carbocycles. The minimum absolute atomic E-state index is 0.0559. The predicted octanol–water partition coefficient (Wildman–Crippen LogP) is 3.16. The van der Waals surface area contributed by atoms with Crippen molar-refractivity contribution in [1.29, 1.82) is 0 Å². The zero-order chi connectivity index (χ0) is 19.0. The summed E-state index contributed by atoms with van der Waals surface area (Å²) in [6.07, 6.45) is 5.59. The van der Waals surface area contributed by atoms with Crippen LogP contribution < -0.4 is 5.32 Å². The van der Waals surface area contributed by atoms with E-state index in [0.29, 0.717) is 23.6 Å². The Morgan fingerprint density at radius 1 is 1.33 bits per heavy atom. The van der Waals surface area contributed by atoms with Crippen molar-refractivity contribution in [2.45, 2.75) is 30.8 Å². The number of rotatable bonds is 4. The summed E-state index contributed by atoms with van der Waals surface area (Å²) in [7, 11) is 3.00. The minimum atomic E-state index is -0.308. The fraction of sp³-hybridized carbons (Fsp3) is 0.500. The van der Waals surface area contributed by atoms with E-state index in [1.807, 2.05) is 6.08 Å². The van der Waals surface area contributed by atoms with Gasteiger partial charge in [-0.05, 0) is 36.9 Å². The lowest BCUT2D eigenvalue weighted by Crippen LogP contribution is -2.58. The molecule has 1 N–H and O–H groups in total. The zero-order valence-electron chi connectivity index (χ0n) is 16.1. The number of nitrogens with one attached hydrogen (secondary N) is 1. The van der Waals surface area contributed by atoms with Gasteiger partial charge in [0.1, 0.15) is 0 Å². The maximum Gasteiger partial charge on any atom is 0.337 e. The molecule has 2 unspecified atom stereocenters. The second-order valence-electron chi connectivity index (χ2n) is 7.76. The third kappa shape index (κ3) is 3.04. The molecule has 27 heavy (non-hydrogen) atoms. The van der Waals surface area contributed by atoms with Gasteiger partial charge in [-0.25, -0.2) is 4.79 Å². The predicted molar refractivity (Wildman–Crippen MR) is 105 cm³/mol. The molecule has 0 bridgehead atoms. The molecule has 5 atom stereocenters. The SMILES string of the molecule is C=C[C@H]1CN2CCC3c4ccccc4NC3[C@H]2C[C@@H]1/C(=C\OC)C(=O)OC. The van der Waals surface area contributed by atoms with E-state index in [1.165, 1.54) is 18.4 Å². The maximum absolute atomic E-state index is 12.4. The van der Waals surface area contributed by atoms with Crippen LogP contribution in [0.25, 0.3) is 0 Å². The molecule has 3 aliphatic rings. The fourth-order valence-electron chi connectivity index (χ4n) is 5.31. The number of methoxy groups -OCH3 is 2. The Labute approximate surface area is 161 Å². The molecule has 0 amide bonds. The van der Waals surface area contributed by atoms with Gasteiger partial charge in [0.2, 0.25) is 0 Å². The third-order valence-corrected chi connectivity index (χ3v) is 6.55. The highest BCUT2D eigenvalue weighted by Crippen LogP contribution is 2.47. The van der Waals surface area contributed by atoms with E-state index < -0.39 is 0 Å². The lowest BCUT2D eigenvalue weighted by molar-refractivity contribution is -0.137. The zero-order valence-corrected chi connectivity index (χ0v) is 16.1. The molecule has 4 rings (SSSR count). The lowest BCUT2D eigenvalue weighted by atomic mass is 9.71. The number of ether oxygens (including phenoxy) is 2. The summed E-state index contributed by atoms with van der Waals surface area (Å²) >= 11 is 0. The standard InChI is InChI=1S/C22H28N2O3/c1-4-14-12-24-10-9-16-15-7-5-6-8-19(15)23-21(16)20(24)11-17(14)18(13-26-2)22(25)27-3/h4-8,13-14,16-17,20-21,23H,1,9-12H2,2-3H3/b18-13+/t14-,16?,17-,20+,21?/m0/s1. The molecule has 2 saturated heterocycles. The number of fused-ring (bicyclic) bond motifs is 5. The molecular weight excluding hydrogens is 340 g/mol. The van der Waals surface area contributed by atoms with E-state index >= 15 is 0 Å². The van der Waals surface area contributed by atoms with Crippen molar-refractivity contribution in [1.82, 2.24) is 4.90 Å². The Morgan fingerprint density at radius 2 is 2.15 bits per heavy atom. The number of piperidine rings is 2. The van der Waals surface area contributed by atoms with Gasteiger partial charge >= 0.3 is 5.97 Å². The maximum atomic E-state index is 12.4. The first-order valence-corrected chi connectivity index (χ1v) is 9.71. The van der Waals surface area contributed by atoms with Crippen LogP contribution in [0.1, 0.15) is 24.3 Å². The van der Waals surface area contributed by atoms with Gasteiger partial charge in [0.25, 0.3) is 0 Å². The molecule has 5 heteroatoms. The summed E-state index contributed by atoms with van der Waals surface area (Å²) in [6.45, 7) is 6.03. The van der Waals surface area contributed by atoms with Crippen LogP contribution in [0.2, 0.25) is 0 Å². The molecule has 3 aliphatic heterocycles. The molecule has 1 aromatic carbocycles. The van der Waals surface area contributed by atoms with E-state index in [4.69, 9.17) is 9.47 Å². The number of anilines is 1. The van der Waals surface area contributed by atoms with E-state index in [1.54, 1.807) is 13.4 Å². The van der Waals surface area contributed by atoms with E-state index in [9.17, 15) is 4.79 Å². The molecule has 0 aromatic heterocycles. The van der Waals surface area contributed by atoms with Crippen LogP contribution in [0.15, 0.2) is 48.8 Å². The lowest BCUT2D eigenvalue weighted by Gasteiger charge is -2.50. The van der Waals surface area contributed by atoms with Gasteiger partial charge in [0.15, 0.2) is 0 Å². The number of esters is 1. The molecule has 0 saturated carbocycles. The third-order valence-electron chi connectivity index (χ3n) is 6.55. The van der Waals surface area contributed by atoms with E-state index in [2.05, 4.69) is 41.1 Å². The topological polar surface area (TPSA) is 50.8 Å². The van der Waals surface area contributed by atoms with Crippen molar-refractivity contribution in [2.24, 2.45) is 11.8 Å². The Hall–Kier alpha value is -2.27. The number of para-hydroxylation sites is 1. The molecule has 144 valence electrons. The van der Waals surface area contributed by atoms with Crippen molar-refractivity contribution < 1.29 is 14.3 Å². The number of carbonyl (C=O) groups excluding carboxylic acids is 1. The summed E-state index contributed by atoms with van der Waals surface area (Å²) in [6, 6.07) is 9.40. The monoisotopic (exact) mass is 368 g/mol. The summed E-state index contributed by atoms with van der Waals surface area (Å²) in [5.74, 6) is 0.496. The van der Waals surface area contributed by atoms with Crippen LogP contribution in [0.4, 0.5) is 5.69 Å². The number of carbonyl (C=O) groups is 1. The second kappa shape index (κ2) is 7.39. The first kappa shape index (κ1) is 18.1. The Morgan fingerprint density at radius 3 is 2.89 bits per heavy atom. The summed E-state index contributed by atoms with van der Waals surface area (Å²) in [5, 5.41) is 3.77. The quantitative estimate of drug-likeness (QED) is 0.383. The highest BCUT2D eigenvalue weighted by molar-refractivity contribution is 5.88. The van der Waals surface area contributed by atoms with Gasteiger partial charge in [-0.2, -0.15) is 0 Å². The summed E-state index contributed by atoms with van der Waals surface area (Å²) in [4.78, 5) is 15.0. The second-order valence-corrected chi connectivity index (χ2v) is 7.76. The van der Waals surface area contributed by atoms with Gasteiger partial charge in [-0.1, -0.05) is 24.3 Å². The minimum Gasteiger partial charge on any atom is -0.504 e. The smallest absolute Gasteiger partial charge is 0.337 e.